The van der Waals surface area contributed by atoms with E-state index >= 15 is 0 Å². The van der Waals surface area contributed by atoms with Crippen molar-refractivity contribution in [2.45, 2.75) is 11.8 Å². The van der Waals surface area contributed by atoms with Crippen molar-refractivity contribution >= 4 is 35.5 Å². The van der Waals surface area contributed by atoms with Gasteiger partial charge in [0.25, 0.3) is 11.1 Å². The maximum absolute atomic E-state index is 12.7. The SMILES string of the molecule is O=c1[nH]c(CCl)nc2c1C(c1ccccc1)c1c([nH]c(=S)[nH]c1=O)N2. The number of anilines is 2. The molecule has 1 aliphatic rings. The van der Waals surface area contributed by atoms with E-state index in [4.69, 9.17) is 23.8 Å². The molecule has 2 aromatic heterocycles. The Morgan fingerprint density at radius 3 is 2.48 bits per heavy atom. The third-order valence-corrected chi connectivity index (χ3v) is 4.52. The van der Waals surface area contributed by atoms with Gasteiger partial charge in [-0.25, -0.2) is 4.98 Å². The molecule has 0 saturated carbocycles. The number of halogens is 1. The summed E-state index contributed by atoms with van der Waals surface area (Å²) in [6.07, 6.45) is 0. The Morgan fingerprint density at radius 2 is 1.76 bits per heavy atom. The van der Waals surface area contributed by atoms with Crippen molar-refractivity contribution in [1.82, 2.24) is 19.9 Å². The summed E-state index contributed by atoms with van der Waals surface area (Å²) in [5.74, 6) is 0.615. The molecule has 4 rings (SSSR count). The molecule has 4 N–H and O–H groups in total. The minimum Gasteiger partial charge on any atom is -0.326 e. The van der Waals surface area contributed by atoms with Crippen molar-refractivity contribution in [2.75, 3.05) is 5.32 Å². The lowest BCUT2D eigenvalue weighted by Crippen LogP contribution is -2.31. The molecule has 0 bridgehead atoms. The molecule has 0 fully saturated rings. The summed E-state index contributed by atoms with van der Waals surface area (Å²) in [6, 6.07) is 9.29. The highest BCUT2D eigenvalue weighted by molar-refractivity contribution is 7.71. The number of nitrogens with zero attached hydrogens (tertiary/aromatic N) is 1. The van der Waals surface area contributed by atoms with Gasteiger partial charge in [0.1, 0.15) is 17.5 Å². The summed E-state index contributed by atoms with van der Waals surface area (Å²) in [5, 5.41) is 3.01. The summed E-state index contributed by atoms with van der Waals surface area (Å²) in [6.45, 7) is 0. The fourth-order valence-electron chi connectivity index (χ4n) is 3.07. The third kappa shape index (κ3) is 2.59. The van der Waals surface area contributed by atoms with E-state index in [0.29, 0.717) is 28.6 Å². The van der Waals surface area contributed by atoms with Gasteiger partial charge in [0.15, 0.2) is 4.77 Å². The van der Waals surface area contributed by atoms with Gasteiger partial charge in [0.05, 0.1) is 22.9 Å². The average molecular weight is 374 g/mol. The molecule has 0 saturated heterocycles. The zero-order valence-corrected chi connectivity index (χ0v) is 14.3. The minimum absolute atomic E-state index is 0.0679. The van der Waals surface area contributed by atoms with E-state index in [0.717, 1.165) is 5.56 Å². The molecule has 1 aliphatic heterocycles. The van der Waals surface area contributed by atoms with E-state index in [2.05, 4.69) is 25.3 Å². The lowest BCUT2D eigenvalue weighted by atomic mass is 9.84. The normalized spacial score (nSPS) is 15.2. The standard InChI is InChI=1S/C16H12ClN5O2S/c17-6-8-18-12-10(14(23)19-8)9(7-4-2-1-3-5-7)11-13(20-12)21-16(25)22-15(11)24/h1-5,9H,6H2,(H4,18,19,20,21,22,23,24,25). The van der Waals surface area contributed by atoms with E-state index < -0.39 is 5.92 Å². The smallest absolute Gasteiger partial charge is 0.257 e. The summed E-state index contributed by atoms with van der Waals surface area (Å²) in [5.41, 5.74) is 0.858. The van der Waals surface area contributed by atoms with Gasteiger partial charge in [0, 0.05) is 0 Å². The average Bonchev–Trinajstić information content (AvgIpc) is 2.60. The molecule has 0 radical (unpaired) electrons. The number of aromatic amines is 3. The number of H-pyrrole nitrogens is 3. The lowest BCUT2D eigenvalue weighted by molar-refractivity contribution is 0.847. The summed E-state index contributed by atoms with van der Waals surface area (Å²) < 4.78 is 0.189. The Morgan fingerprint density at radius 1 is 1.04 bits per heavy atom. The number of rotatable bonds is 2. The minimum atomic E-state index is -0.580. The molecule has 3 aromatic rings. The van der Waals surface area contributed by atoms with Gasteiger partial charge < -0.3 is 15.3 Å². The molecule has 0 aliphatic carbocycles. The molecule has 0 spiro atoms. The second kappa shape index (κ2) is 5.98. The van der Waals surface area contributed by atoms with Crippen molar-refractivity contribution in [3.05, 3.63) is 78.3 Å². The van der Waals surface area contributed by atoms with Gasteiger partial charge in [-0.15, -0.1) is 11.6 Å². The van der Waals surface area contributed by atoms with Crippen LogP contribution in [-0.2, 0) is 5.88 Å². The summed E-state index contributed by atoms with van der Waals surface area (Å²) in [7, 11) is 0. The van der Waals surface area contributed by atoms with E-state index in [1.54, 1.807) is 0 Å². The quantitative estimate of drug-likeness (QED) is 0.319. The highest BCUT2D eigenvalue weighted by Gasteiger charge is 2.33. The van der Waals surface area contributed by atoms with Crippen LogP contribution in [0.4, 0.5) is 11.6 Å². The molecule has 7 nitrogen and oxygen atoms in total. The van der Waals surface area contributed by atoms with Crippen molar-refractivity contribution in [3.8, 4) is 0 Å². The van der Waals surface area contributed by atoms with Crippen LogP contribution in [0, 0.1) is 4.77 Å². The maximum Gasteiger partial charge on any atom is 0.257 e. The first kappa shape index (κ1) is 15.8. The lowest BCUT2D eigenvalue weighted by Gasteiger charge is -2.27. The summed E-state index contributed by atoms with van der Waals surface area (Å²) in [4.78, 5) is 37.8. The second-order valence-electron chi connectivity index (χ2n) is 5.57. The Balaban J connectivity index is 2.08. The van der Waals surface area contributed by atoms with Crippen LogP contribution in [0.5, 0.6) is 0 Å². The van der Waals surface area contributed by atoms with E-state index in [-0.39, 0.29) is 21.8 Å². The number of aromatic nitrogens is 4. The fourth-order valence-corrected chi connectivity index (χ4v) is 3.39. The largest absolute Gasteiger partial charge is 0.326 e. The molecular weight excluding hydrogens is 362 g/mol. The number of fused-ring (bicyclic) bond motifs is 2. The van der Waals surface area contributed by atoms with Crippen molar-refractivity contribution in [3.63, 3.8) is 0 Å². The predicted octanol–water partition coefficient (Wildman–Crippen LogP) is 2.49. The van der Waals surface area contributed by atoms with E-state index in [1.165, 1.54) is 0 Å². The molecule has 1 atom stereocenters. The Labute approximate surface area is 151 Å². The van der Waals surface area contributed by atoms with Gasteiger partial charge in [-0.2, -0.15) is 0 Å². The molecule has 25 heavy (non-hydrogen) atoms. The topological polar surface area (TPSA) is 106 Å². The van der Waals surface area contributed by atoms with E-state index in [1.807, 2.05) is 30.3 Å². The molecule has 3 heterocycles. The van der Waals surface area contributed by atoms with Gasteiger partial charge in [-0.3, -0.25) is 14.6 Å². The zero-order valence-electron chi connectivity index (χ0n) is 12.7. The molecular formula is C16H12ClN5O2S. The molecule has 1 unspecified atom stereocenters. The van der Waals surface area contributed by atoms with Crippen molar-refractivity contribution in [1.29, 1.82) is 0 Å². The van der Waals surface area contributed by atoms with E-state index in [9.17, 15) is 9.59 Å². The Bertz CT molecular complexity index is 1140. The van der Waals surface area contributed by atoms with Crippen molar-refractivity contribution < 1.29 is 0 Å². The molecule has 9 heteroatoms. The van der Waals surface area contributed by atoms with Gasteiger partial charge in [-0.1, -0.05) is 30.3 Å². The van der Waals surface area contributed by atoms with Gasteiger partial charge in [-0.05, 0) is 17.8 Å². The highest BCUT2D eigenvalue weighted by atomic mass is 35.5. The van der Waals surface area contributed by atoms with Crippen LogP contribution >= 0.6 is 23.8 Å². The third-order valence-electron chi connectivity index (χ3n) is 4.06. The first-order chi connectivity index (χ1) is 12.1. The number of nitrogens with one attached hydrogen (secondary N) is 4. The van der Waals surface area contributed by atoms with Crippen LogP contribution in [0.1, 0.15) is 28.4 Å². The zero-order chi connectivity index (χ0) is 17.6. The number of hydrogen-bond acceptors (Lipinski definition) is 5. The Kier molecular flexibility index (Phi) is 3.78. The van der Waals surface area contributed by atoms with Crippen LogP contribution in [0.2, 0.25) is 0 Å². The van der Waals surface area contributed by atoms with Crippen LogP contribution in [0.3, 0.4) is 0 Å². The maximum atomic E-state index is 12.7. The number of alkyl halides is 1. The molecule has 1 aromatic carbocycles. The Hall–Kier alpha value is -2.71. The highest BCUT2D eigenvalue weighted by Crippen LogP contribution is 2.39. The van der Waals surface area contributed by atoms with Crippen molar-refractivity contribution in [2.24, 2.45) is 0 Å². The summed E-state index contributed by atoms with van der Waals surface area (Å²) >= 11 is 10.9. The number of benzene rings is 1. The van der Waals surface area contributed by atoms with Gasteiger partial charge >= 0.3 is 0 Å². The molecule has 126 valence electrons. The first-order valence-corrected chi connectivity index (χ1v) is 8.40. The molecule has 0 amide bonds. The van der Waals surface area contributed by atoms with Crippen LogP contribution in [-0.4, -0.2) is 19.9 Å². The fraction of sp³-hybridized carbons (Fsp3) is 0.125. The van der Waals surface area contributed by atoms with Gasteiger partial charge in [0.2, 0.25) is 0 Å². The number of hydrogen-bond donors (Lipinski definition) is 4. The second-order valence-corrected chi connectivity index (χ2v) is 6.25. The monoisotopic (exact) mass is 373 g/mol. The first-order valence-electron chi connectivity index (χ1n) is 7.46. The van der Waals surface area contributed by atoms with Crippen LogP contribution in [0.15, 0.2) is 39.9 Å². The predicted molar refractivity (Wildman–Crippen MR) is 97.3 cm³/mol. The van der Waals surface area contributed by atoms with Crippen LogP contribution < -0.4 is 16.4 Å². The van der Waals surface area contributed by atoms with Crippen LogP contribution in [0.25, 0.3) is 0 Å².